The van der Waals surface area contributed by atoms with Gasteiger partial charge in [0.1, 0.15) is 12.6 Å². The van der Waals surface area contributed by atoms with Crippen molar-refractivity contribution in [1.29, 1.82) is 0 Å². The molecule has 0 bridgehead atoms. The fourth-order valence-corrected chi connectivity index (χ4v) is 1.93. The highest BCUT2D eigenvalue weighted by Crippen LogP contribution is 2.17. The second-order valence-corrected chi connectivity index (χ2v) is 5.83. The number of halogens is 1. The van der Waals surface area contributed by atoms with E-state index in [2.05, 4.69) is 15.6 Å². The first-order chi connectivity index (χ1) is 12.5. The van der Waals surface area contributed by atoms with Gasteiger partial charge in [0.15, 0.2) is 17.5 Å². The standard InChI is InChI=1S/C18H29FN4O3/c1-5-14(26-16-9-7-6-8-15(16)19)12-21-18(20-10-11-25-4)22-13-17(24)23(2)3/h6-9,14H,5,10-13H2,1-4H3,(H2,20,21,22). The van der Waals surface area contributed by atoms with E-state index in [1.54, 1.807) is 39.4 Å². The van der Waals surface area contributed by atoms with Crippen molar-refractivity contribution in [3.05, 3.63) is 30.1 Å². The fraction of sp³-hybridized carbons (Fsp3) is 0.556. The van der Waals surface area contributed by atoms with Crippen molar-refractivity contribution in [2.75, 3.05) is 47.4 Å². The summed E-state index contributed by atoms with van der Waals surface area (Å²) >= 11 is 0. The van der Waals surface area contributed by atoms with E-state index in [9.17, 15) is 9.18 Å². The first-order valence-electron chi connectivity index (χ1n) is 8.60. The summed E-state index contributed by atoms with van der Waals surface area (Å²) in [7, 11) is 4.97. The number of hydrogen-bond donors (Lipinski definition) is 2. The highest BCUT2D eigenvalue weighted by Gasteiger charge is 2.12. The Kier molecular flexibility index (Phi) is 10.1. The lowest BCUT2D eigenvalue weighted by Gasteiger charge is -2.20. The van der Waals surface area contributed by atoms with Gasteiger partial charge >= 0.3 is 0 Å². The number of nitrogens with zero attached hydrogens (tertiary/aromatic N) is 2. The van der Waals surface area contributed by atoms with Gasteiger partial charge in [0.2, 0.25) is 5.91 Å². The van der Waals surface area contributed by atoms with Crippen LogP contribution in [-0.4, -0.2) is 70.3 Å². The third-order valence-electron chi connectivity index (χ3n) is 3.55. The molecule has 1 unspecified atom stereocenters. The molecule has 0 saturated carbocycles. The van der Waals surface area contributed by atoms with Crippen LogP contribution in [0.25, 0.3) is 0 Å². The van der Waals surface area contributed by atoms with Crippen LogP contribution in [0.4, 0.5) is 4.39 Å². The molecule has 1 atom stereocenters. The van der Waals surface area contributed by atoms with Crippen molar-refractivity contribution < 1.29 is 18.7 Å². The topological polar surface area (TPSA) is 75.2 Å². The van der Waals surface area contributed by atoms with Gasteiger partial charge in [-0.2, -0.15) is 0 Å². The lowest BCUT2D eigenvalue weighted by atomic mass is 10.2. The minimum atomic E-state index is -0.394. The Labute approximate surface area is 154 Å². The summed E-state index contributed by atoms with van der Waals surface area (Å²) in [6.45, 7) is 3.45. The Balaban J connectivity index is 2.64. The molecule has 1 rings (SSSR count). The summed E-state index contributed by atoms with van der Waals surface area (Å²) in [5.41, 5.74) is 0. The normalized spacial score (nSPS) is 12.4. The average Bonchev–Trinajstić information content (AvgIpc) is 2.63. The van der Waals surface area contributed by atoms with Crippen molar-refractivity contribution in [1.82, 2.24) is 15.5 Å². The van der Waals surface area contributed by atoms with Gasteiger partial charge in [0, 0.05) is 27.7 Å². The zero-order chi connectivity index (χ0) is 19.4. The number of nitrogens with one attached hydrogen (secondary N) is 2. The lowest BCUT2D eigenvalue weighted by molar-refractivity contribution is -0.127. The predicted octanol–water partition coefficient (Wildman–Crippen LogP) is 1.25. The molecule has 0 aromatic heterocycles. The van der Waals surface area contributed by atoms with E-state index in [1.165, 1.54) is 11.0 Å². The quantitative estimate of drug-likeness (QED) is 0.369. The number of methoxy groups -OCH3 is 1. The molecular weight excluding hydrogens is 339 g/mol. The minimum absolute atomic E-state index is 0.0281. The van der Waals surface area contributed by atoms with E-state index < -0.39 is 5.82 Å². The van der Waals surface area contributed by atoms with Crippen LogP contribution in [0, 0.1) is 5.82 Å². The number of aliphatic imine (C=N–C) groups is 1. The molecule has 0 heterocycles. The zero-order valence-corrected chi connectivity index (χ0v) is 15.9. The number of carbonyl (C=O) groups excluding carboxylic acids is 1. The Morgan fingerprint density at radius 1 is 1.31 bits per heavy atom. The molecule has 1 aromatic rings. The molecule has 146 valence electrons. The van der Waals surface area contributed by atoms with Crippen molar-refractivity contribution in [2.45, 2.75) is 19.4 Å². The second-order valence-electron chi connectivity index (χ2n) is 5.83. The molecule has 7 nitrogen and oxygen atoms in total. The molecule has 26 heavy (non-hydrogen) atoms. The number of hydrogen-bond acceptors (Lipinski definition) is 4. The minimum Gasteiger partial charge on any atom is -0.486 e. The molecule has 0 saturated heterocycles. The van der Waals surface area contributed by atoms with Crippen molar-refractivity contribution >= 4 is 11.9 Å². The van der Waals surface area contributed by atoms with Gasteiger partial charge in [-0.3, -0.25) is 4.79 Å². The molecule has 0 fully saturated rings. The van der Waals surface area contributed by atoms with E-state index in [0.717, 1.165) is 0 Å². The number of carbonyl (C=O) groups is 1. The fourth-order valence-electron chi connectivity index (χ4n) is 1.93. The maximum Gasteiger partial charge on any atom is 0.243 e. The molecule has 0 radical (unpaired) electrons. The van der Waals surface area contributed by atoms with Crippen LogP contribution >= 0.6 is 0 Å². The first-order valence-corrected chi connectivity index (χ1v) is 8.60. The van der Waals surface area contributed by atoms with Crippen LogP contribution in [0.2, 0.25) is 0 Å². The smallest absolute Gasteiger partial charge is 0.243 e. The van der Waals surface area contributed by atoms with Crippen molar-refractivity contribution in [3.8, 4) is 5.75 Å². The molecule has 0 aliphatic carbocycles. The number of ether oxygens (including phenoxy) is 2. The van der Waals surface area contributed by atoms with E-state index in [1.807, 2.05) is 6.92 Å². The number of para-hydroxylation sites is 1. The van der Waals surface area contributed by atoms with Crippen molar-refractivity contribution in [3.63, 3.8) is 0 Å². The molecule has 1 amide bonds. The summed E-state index contributed by atoms with van der Waals surface area (Å²) < 4.78 is 24.5. The predicted molar refractivity (Wildman–Crippen MR) is 100.0 cm³/mol. The van der Waals surface area contributed by atoms with E-state index in [-0.39, 0.29) is 24.3 Å². The van der Waals surface area contributed by atoms with Crippen LogP contribution < -0.4 is 15.4 Å². The second kappa shape index (κ2) is 12.1. The SMILES string of the molecule is CCC(CNC(=NCC(=O)N(C)C)NCCOC)Oc1ccccc1F. The van der Waals surface area contributed by atoms with E-state index in [4.69, 9.17) is 9.47 Å². The average molecular weight is 368 g/mol. The molecule has 8 heteroatoms. The van der Waals surface area contributed by atoms with Crippen LogP contribution in [0.1, 0.15) is 13.3 Å². The third-order valence-corrected chi connectivity index (χ3v) is 3.55. The molecule has 1 aromatic carbocycles. The maximum absolute atomic E-state index is 13.7. The van der Waals surface area contributed by atoms with Gasteiger partial charge in [-0.15, -0.1) is 0 Å². The third kappa shape index (κ3) is 8.15. The van der Waals surface area contributed by atoms with Gasteiger partial charge in [-0.05, 0) is 18.6 Å². The van der Waals surface area contributed by atoms with Gasteiger partial charge in [-0.1, -0.05) is 19.1 Å². The Morgan fingerprint density at radius 3 is 2.65 bits per heavy atom. The van der Waals surface area contributed by atoms with Crippen LogP contribution in [0.15, 0.2) is 29.3 Å². The van der Waals surface area contributed by atoms with Gasteiger partial charge < -0.3 is 25.0 Å². The highest BCUT2D eigenvalue weighted by molar-refractivity contribution is 5.84. The lowest BCUT2D eigenvalue weighted by Crippen LogP contribution is -2.44. The Morgan fingerprint density at radius 2 is 2.04 bits per heavy atom. The molecule has 2 N–H and O–H groups in total. The Bertz CT molecular complexity index is 581. The van der Waals surface area contributed by atoms with Gasteiger partial charge in [0.25, 0.3) is 0 Å². The van der Waals surface area contributed by atoms with Crippen LogP contribution in [0.3, 0.4) is 0 Å². The van der Waals surface area contributed by atoms with Gasteiger partial charge in [0.05, 0.1) is 13.2 Å². The van der Waals surface area contributed by atoms with Gasteiger partial charge in [-0.25, -0.2) is 9.38 Å². The number of rotatable bonds is 10. The molecule has 0 spiro atoms. The largest absolute Gasteiger partial charge is 0.486 e. The monoisotopic (exact) mass is 368 g/mol. The highest BCUT2D eigenvalue weighted by atomic mass is 19.1. The molecule has 0 aliphatic heterocycles. The van der Waals surface area contributed by atoms with Crippen molar-refractivity contribution in [2.24, 2.45) is 4.99 Å². The first kappa shape index (κ1) is 21.7. The maximum atomic E-state index is 13.7. The number of benzene rings is 1. The zero-order valence-electron chi connectivity index (χ0n) is 15.9. The van der Waals surface area contributed by atoms with E-state index >= 15 is 0 Å². The number of amides is 1. The number of likely N-dealkylation sites (N-methyl/N-ethyl adjacent to an activating group) is 1. The van der Waals surface area contributed by atoms with Crippen LogP contribution in [0.5, 0.6) is 5.75 Å². The van der Waals surface area contributed by atoms with E-state index in [0.29, 0.717) is 32.1 Å². The summed E-state index contributed by atoms with van der Waals surface area (Å²) in [6.07, 6.45) is 0.439. The Hall–Kier alpha value is -2.35. The number of guanidine groups is 1. The molecular formula is C18H29FN4O3. The molecule has 0 aliphatic rings. The van der Waals surface area contributed by atoms with Crippen LogP contribution in [-0.2, 0) is 9.53 Å². The summed E-state index contributed by atoms with van der Waals surface area (Å²) in [5, 5.41) is 6.21. The summed E-state index contributed by atoms with van der Waals surface area (Å²) in [4.78, 5) is 17.5. The summed E-state index contributed by atoms with van der Waals surface area (Å²) in [5.74, 6) is 0.199. The summed E-state index contributed by atoms with van der Waals surface area (Å²) in [6, 6.07) is 6.30.